The van der Waals surface area contributed by atoms with Crippen LogP contribution >= 0.6 is 15.9 Å². The van der Waals surface area contributed by atoms with Crippen LogP contribution in [0.2, 0.25) is 0 Å². The van der Waals surface area contributed by atoms with Crippen molar-refractivity contribution in [2.24, 2.45) is 11.8 Å². The first-order valence-corrected chi connectivity index (χ1v) is 8.16. The van der Waals surface area contributed by atoms with E-state index in [0.29, 0.717) is 5.78 Å². The molecular formula is C18H19BrO. The molecule has 1 nitrogen and oxygen atoms in total. The van der Waals surface area contributed by atoms with Crippen LogP contribution in [-0.4, -0.2) is 5.78 Å². The van der Waals surface area contributed by atoms with Gasteiger partial charge in [0.2, 0.25) is 0 Å². The SMILES string of the molecule is CC1CCC(C(=O)c2ccc3cc(Br)ccc3c2)CC1. The first-order valence-electron chi connectivity index (χ1n) is 7.37. The van der Waals surface area contributed by atoms with Crippen LogP contribution in [-0.2, 0) is 0 Å². The second kappa shape index (κ2) is 5.69. The van der Waals surface area contributed by atoms with Crippen molar-refractivity contribution in [3.8, 4) is 0 Å². The number of Topliss-reactive ketones (excluding diaryl/α,β-unsaturated/α-hetero) is 1. The molecular weight excluding hydrogens is 312 g/mol. The number of hydrogen-bond acceptors (Lipinski definition) is 1. The zero-order valence-corrected chi connectivity index (χ0v) is 13.3. The Balaban J connectivity index is 1.86. The van der Waals surface area contributed by atoms with Gasteiger partial charge in [-0.15, -0.1) is 0 Å². The summed E-state index contributed by atoms with van der Waals surface area (Å²) in [6.07, 6.45) is 4.49. The first kappa shape index (κ1) is 13.8. The topological polar surface area (TPSA) is 17.1 Å². The van der Waals surface area contributed by atoms with Crippen LogP contribution in [0.1, 0.15) is 43.0 Å². The lowest BCUT2D eigenvalue weighted by Crippen LogP contribution is -2.20. The Labute approximate surface area is 128 Å². The van der Waals surface area contributed by atoms with Crippen molar-refractivity contribution in [2.45, 2.75) is 32.6 Å². The molecule has 0 amide bonds. The average Bonchev–Trinajstić information content (AvgIpc) is 2.47. The molecule has 0 aromatic heterocycles. The molecule has 0 saturated heterocycles. The fraction of sp³-hybridized carbons (Fsp3) is 0.389. The Kier molecular flexibility index (Phi) is 3.93. The molecule has 1 saturated carbocycles. The predicted octanol–water partition coefficient (Wildman–Crippen LogP) is 5.61. The molecule has 0 radical (unpaired) electrons. The van der Waals surface area contributed by atoms with Gasteiger partial charge in [-0.3, -0.25) is 4.79 Å². The molecule has 0 aliphatic heterocycles. The molecule has 0 bridgehead atoms. The number of hydrogen-bond donors (Lipinski definition) is 0. The Hall–Kier alpha value is -1.15. The van der Waals surface area contributed by atoms with E-state index in [-0.39, 0.29) is 5.92 Å². The van der Waals surface area contributed by atoms with Gasteiger partial charge in [-0.1, -0.05) is 53.9 Å². The standard InChI is InChI=1S/C18H19BrO/c1-12-2-4-13(5-3-12)18(20)16-7-6-15-11-17(19)9-8-14(15)10-16/h6-13H,2-5H2,1H3. The maximum atomic E-state index is 12.6. The molecule has 1 fully saturated rings. The Morgan fingerprint density at radius 2 is 1.65 bits per heavy atom. The summed E-state index contributed by atoms with van der Waals surface area (Å²) in [6, 6.07) is 12.3. The lowest BCUT2D eigenvalue weighted by atomic mass is 9.79. The van der Waals surface area contributed by atoms with Crippen molar-refractivity contribution < 1.29 is 4.79 Å². The van der Waals surface area contributed by atoms with Gasteiger partial charge in [0.15, 0.2) is 5.78 Å². The molecule has 20 heavy (non-hydrogen) atoms. The van der Waals surface area contributed by atoms with Gasteiger partial charge in [0.1, 0.15) is 0 Å². The molecule has 2 aromatic carbocycles. The monoisotopic (exact) mass is 330 g/mol. The lowest BCUT2D eigenvalue weighted by molar-refractivity contribution is 0.0876. The van der Waals surface area contributed by atoms with Crippen molar-refractivity contribution >= 4 is 32.5 Å². The van der Waals surface area contributed by atoms with Crippen LogP contribution in [0.4, 0.5) is 0 Å². The van der Waals surface area contributed by atoms with Crippen LogP contribution in [0.15, 0.2) is 40.9 Å². The maximum absolute atomic E-state index is 12.6. The highest BCUT2D eigenvalue weighted by molar-refractivity contribution is 9.10. The highest BCUT2D eigenvalue weighted by atomic mass is 79.9. The number of carbonyl (C=O) groups is 1. The summed E-state index contributed by atoms with van der Waals surface area (Å²) in [5, 5.41) is 2.32. The molecule has 1 aliphatic rings. The minimum Gasteiger partial charge on any atom is -0.294 e. The number of benzene rings is 2. The number of rotatable bonds is 2. The van der Waals surface area contributed by atoms with Crippen molar-refractivity contribution in [3.63, 3.8) is 0 Å². The molecule has 0 heterocycles. The fourth-order valence-corrected chi connectivity index (χ4v) is 3.51. The number of halogens is 1. The van der Waals surface area contributed by atoms with E-state index in [2.05, 4.69) is 41.1 Å². The maximum Gasteiger partial charge on any atom is 0.165 e. The molecule has 104 valence electrons. The molecule has 0 unspecified atom stereocenters. The molecule has 2 heteroatoms. The first-order chi connectivity index (χ1) is 9.63. The van der Waals surface area contributed by atoms with E-state index >= 15 is 0 Å². The highest BCUT2D eigenvalue weighted by Crippen LogP contribution is 2.31. The smallest absolute Gasteiger partial charge is 0.165 e. The van der Waals surface area contributed by atoms with E-state index in [1.165, 1.54) is 18.2 Å². The Bertz CT molecular complexity index is 639. The summed E-state index contributed by atoms with van der Waals surface area (Å²) in [5.41, 5.74) is 0.874. The largest absolute Gasteiger partial charge is 0.294 e. The van der Waals surface area contributed by atoms with E-state index in [1.54, 1.807) is 0 Å². The third-order valence-corrected chi connectivity index (χ3v) is 4.97. The highest BCUT2D eigenvalue weighted by Gasteiger charge is 2.25. The zero-order chi connectivity index (χ0) is 14.1. The van der Waals surface area contributed by atoms with E-state index < -0.39 is 0 Å². The molecule has 1 aliphatic carbocycles. The summed E-state index contributed by atoms with van der Waals surface area (Å²) >= 11 is 3.48. The van der Waals surface area contributed by atoms with Crippen LogP contribution in [0.3, 0.4) is 0 Å². The van der Waals surface area contributed by atoms with Crippen LogP contribution < -0.4 is 0 Å². The summed E-state index contributed by atoms with van der Waals surface area (Å²) in [6.45, 7) is 2.29. The van der Waals surface area contributed by atoms with Gasteiger partial charge in [-0.2, -0.15) is 0 Å². The van der Waals surface area contributed by atoms with Gasteiger partial charge >= 0.3 is 0 Å². The Morgan fingerprint density at radius 3 is 2.40 bits per heavy atom. The second-order valence-electron chi connectivity index (χ2n) is 6.03. The normalized spacial score (nSPS) is 22.9. The van der Waals surface area contributed by atoms with E-state index in [4.69, 9.17) is 0 Å². The van der Waals surface area contributed by atoms with Gasteiger partial charge < -0.3 is 0 Å². The van der Waals surface area contributed by atoms with E-state index in [9.17, 15) is 4.79 Å². The molecule has 2 aromatic rings. The van der Waals surface area contributed by atoms with Crippen molar-refractivity contribution in [3.05, 3.63) is 46.4 Å². The predicted molar refractivity (Wildman–Crippen MR) is 87.1 cm³/mol. The van der Waals surface area contributed by atoms with Crippen molar-refractivity contribution in [1.29, 1.82) is 0 Å². The van der Waals surface area contributed by atoms with Crippen LogP contribution in [0, 0.1) is 11.8 Å². The number of carbonyl (C=O) groups excluding carboxylic acids is 1. The quantitative estimate of drug-likeness (QED) is 0.654. The summed E-state index contributed by atoms with van der Waals surface area (Å²) in [5.74, 6) is 1.36. The van der Waals surface area contributed by atoms with Gasteiger partial charge in [-0.25, -0.2) is 0 Å². The molecule has 0 atom stereocenters. The minimum atomic E-state index is 0.235. The average molecular weight is 331 g/mol. The summed E-state index contributed by atoms with van der Waals surface area (Å²) < 4.78 is 1.07. The lowest BCUT2D eigenvalue weighted by Gasteiger charge is -2.25. The molecule has 0 spiro atoms. The van der Waals surface area contributed by atoms with Gasteiger partial charge in [0.25, 0.3) is 0 Å². The molecule has 3 rings (SSSR count). The zero-order valence-electron chi connectivity index (χ0n) is 11.7. The van der Waals surface area contributed by atoms with Gasteiger partial charge in [0, 0.05) is 16.0 Å². The van der Waals surface area contributed by atoms with Crippen molar-refractivity contribution in [2.75, 3.05) is 0 Å². The van der Waals surface area contributed by atoms with Crippen LogP contribution in [0.5, 0.6) is 0 Å². The number of fused-ring (bicyclic) bond motifs is 1. The minimum absolute atomic E-state index is 0.235. The van der Waals surface area contributed by atoms with Crippen molar-refractivity contribution in [1.82, 2.24) is 0 Å². The summed E-state index contributed by atoms with van der Waals surface area (Å²) in [4.78, 5) is 12.6. The van der Waals surface area contributed by atoms with E-state index in [1.807, 2.05) is 18.2 Å². The molecule has 0 N–H and O–H groups in total. The second-order valence-corrected chi connectivity index (χ2v) is 6.94. The Morgan fingerprint density at radius 1 is 1.00 bits per heavy atom. The van der Waals surface area contributed by atoms with Crippen LogP contribution in [0.25, 0.3) is 10.8 Å². The third kappa shape index (κ3) is 2.80. The van der Waals surface area contributed by atoms with Gasteiger partial charge in [0.05, 0.1) is 0 Å². The van der Waals surface area contributed by atoms with E-state index in [0.717, 1.165) is 34.2 Å². The van der Waals surface area contributed by atoms with Gasteiger partial charge in [-0.05, 0) is 47.7 Å². The third-order valence-electron chi connectivity index (χ3n) is 4.47. The fourth-order valence-electron chi connectivity index (χ4n) is 3.13. The number of ketones is 1. The summed E-state index contributed by atoms with van der Waals surface area (Å²) in [7, 11) is 0.